The van der Waals surface area contributed by atoms with Crippen LogP contribution in [0.15, 0.2) is 0 Å². The van der Waals surface area contributed by atoms with Crippen molar-refractivity contribution in [3.63, 3.8) is 0 Å². The van der Waals surface area contributed by atoms with Gasteiger partial charge in [-0.05, 0) is 77.0 Å². The van der Waals surface area contributed by atoms with E-state index in [-0.39, 0.29) is 0 Å². The van der Waals surface area contributed by atoms with Gasteiger partial charge in [0.15, 0.2) is 0 Å². The van der Waals surface area contributed by atoms with E-state index in [0.717, 1.165) is 0 Å². The third kappa shape index (κ3) is 69.7. The van der Waals surface area contributed by atoms with Gasteiger partial charge in [-0.2, -0.15) is 0 Å². The Bertz CT molecular complexity index is 1000. The summed E-state index contributed by atoms with van der Waals surface area (Å²) in [5.74, 6) is 0. The van der Waals surface area contributed by atoms with Gasteiger partial charge in [0, 0.05) is 0 Å². The van der Waals surface area contributed by atoms with E-state index in [1.807, 2.05) is 0 Å². The highest BCUT2D eigenvalue weighted by Crippen LogP contribution is 2.22. The van der Waals surface area contributed by atoms with Crippen molar-refractivity contribution < 1.29 is 8.97 Å². The molecule has 0 aliphatic rings. The van der Waals surface area contributed by atoms with Crippen LogP contribution in [0, 0.1) is 0 Å². The van der Waals surface area contributed by atoms with Crippen molar-refractivity contribution >= 4 is 0 Å². The molecule has 0 aliphatic carbocycles. The van der Waals surface area contributed by atoms with Crippen LogP contribution < -0.4 is 0 Å². The Kier molecular flexibility index (Phi) is 72.9. The molecule has 0 amide bonds. The average Bonchev–Trinajstić information content (AvgIpc) is 3.52. The first kappa shape index (κ1) is 84.9. The quantitative estimate of drug-likeness (QED) is 0.0421. The summed E-state index contributed by atoms with van der Waals surface area (Å²) < 4.78 is 2.74. The number of hydrogen-bond acceptors (Lipinski definition) is 0. The summed E-state index contributed by atoms with van der Waals surface area (Å²) in [6.45, 7) is 17.9. The van der Waals surface area contributed by atoms with Gasteiger partial charge in [0.2, 0.25) is 0 Å². The zero-order valence-corrected chi connectivity index (χ0v) is 61.3. The minimum atomic E-state index is 1.37. The molecule has 0 saturated carbocycles. The minimum Gasteiger partial charge on any atom is -0.326 e. The van der Waals surface area contributed by atoms with Gasteiger partial charge in [0.1, 0.15) is 0 Å². The lowest BCUT2D eigenvalue weighted by molar-refractivity contribution is -0.910. The fraction of sp³-hybridized carbons (Fsp3) is 1.00. The van der Waals surface area contributed by atoms with Crippen LogP contribution in [0.4, 0.5) is 0 Å². The summed E-state index contributed by atoms with van der Waals surface area (Å²) in [5, 5.41) is 0. The van der Waals surface area contributed by atoms with Crippen LogP contribution in [0.5, 0.6) is 0 Å². The van der Waals surface area contributed by atoms with Crippen molar-refractivity contribution in [2.75, 3.05) is 53.4 Å². The zero-order chi connectivity index (χ0) is 61.4. The second-order valence-electron chi connectivity index (χ2n) is 30.3. The van der Waals surface area contributed by atoms with Crippen LogP contribution >= 0.6 is 0 Å². The summed E-state index contributed by atoms with van der Waals surface area (Å²) in [6.07, 6.45) is 104. The first-order chi connectivity index (χ1) is 41.9. The molecule has 0 bridgehead atoms. The summed E-state index contributed by atoms with van der Waals surface area (Å²) in [6, 6.07) is 0. The van der Waals surface area contributed by atoms with Gasteiger partial charge >= 0.3 is 0 Å². The SMILES string of the molecule is CCCCCCCCCCCCCCCCCC[N+](C)(CCCCCCCCCCCCCCCCCC)CCCCCCCCC[N+](C)(CCCCCCCCCCCCCCCCCC)CCCCCCCCCCCCCCCCCC. The van der Waals surface area contributed by atoms with E-state index in [9.17, 15) is 0 Å². The molecule has 0 unspecified atom stereocenters. The van der Waals surface area contributed by atoms with Crippen LogP contribution in [-0.2, 0) is 0 Å². The molecule has 0 aromatic rings. The second kappa shape index (κ2) is 73.0. The lowest BCUT2D eigenvalue weighted by Crippen LogP contribution is -2.46. The maximum atomic E-state index is 2.67. The van der Waals surface area contributed by atoms with Crippen LogP contribution in [0.25, 0.3) is 0 Å². The summed E-state index contributed by atoms with van der Waals surface area (Å²) in [4.78, 5) is 0. The molecule has 512 valence electrons. The monoisotopic (exact) mass is 1200 g/mol. The molecule has 0 spiro atoms. The predicted octanol–water partition coefficient (Wildman–Crippen LogP) is 29.7. The maximum absolute atomic E-state index is 2.67. The highest BCUT2D eigenvalue weighted by atomic mass is 15.3. The van der Waals surface area contributed by atoms with Gasteiger partial charge in [-0.3, -0.25) is 0 Å². The number of hydrogen-bond donors (Lipinski definition) is 0. The summed E-state index contributed by atoms with van der Waals surface area (Å²) >= 11 is 0. The number of nitrogens with zero attached hydrogens (tertiary/aromatic N) is 2. The second-order valence-corrected chi connectivity index (χ2v) is 30.3. The highest BCUT2D eigenvalue weighted by molar-refractivity contribution is 4.58. The molecular formula is C83H172N2+2. The van der Waals surface area contributed by atoms with Gasteiger partial charge in [0.25, 0.3) is 0 Å². The van der Waals surface area contributed by atoms with Gasteiger partial charge in [-0.1, -0.05) is 407 Å². The lowest BCUT2D eigenvalue weighted by atomic mass is 10.0. The number of unbranched alkanes of at least 4 members (excludes halogenated alkanes) is 66. The van der Waals surface area contributed by atoms with Gasteiger partial charge in [-0.25, -0.2) is 0 Å². The molecule has 0 rings (SSSR count). The molecular weight excluding hydrogens is 1020 g/mol. The van der Waals surface area contributed by atoms with Crippen LogP contribution in [0.2, 0.25) is 0 Å². The van der Waals surface area contributed by atoms with E-state index in [1.165, 1.54) is 504 Å². The van der Waals surface area contributed by atoms with Gasteiger partial charge in [-0.15, -0.1) is 0 Å². The minimum absolute atomic E-state index is 1.37. The number of rotatable bonds is 78. The van der Waals surface area contributed by atoms with Crippen molar-refractivity contribution in [2.24, 2.45) is 0 Å². The van der Waals surface area contributed by atoms with Crippen LogP contribution in [0.1, 0.15) is 484 Å². The fourth-order valence-corrected chi connectivity index (χ4v) is 14.7. The molecule has 0 heterocycles. The van der Waals surface area contributed by atoms with E-state index in [2.05, 4.69) is 41.8 Å². The molecule has 2 heteroatoms. The van der Waals surface area contributed by atoms with Crippen molar-refractivity contribution in [2.45, 2.75) is 484 Å². The first-order valence-electron chi connectivity index (χ1n) is 41.6. The molecule has 2 nitrogen and oxygen atoms in total. The molecule has 0 aromatic heterocycles. The van der Waals surface area contributed by atoms with E-state index in [1.54, 1.807) is 0 Å². The van der Waals surface area contributed by atoms with E-state index in [0.29, 0.717) is 0 Å². The predicted molar refractivity (Wildman–Crippen MR) is 392 cm³/mol. The first-order valence-corrected chi connectivity index (χ1v) is 41.6. The largest absolute Gasteiger partial charge is 0.326 e. The molecule has 0 N–H and O–H groups in total. The van der Waals surface area contributed by atoms with Crippen molar-refractivity contribution in [3.05, 3.63) is 0 Å². The average molecular weight is 1200 g/mol. The van der Waals surface area contributed by atoms with Crippen molar-refractivity contribution in [3.8, 4) is 0 Å². The molecule has 0 fully saturated rings. The Morgan fingerprint density at radius 1 is 0.106 bits per heavy atom. The topological polar surface area (TPSA) is 0 Å². The third-order valence-electron chi connectivity index (χ3n) is 21.1. The molecule has 0 atom stereocenters. The Hall–Kier alpha value is -0.0800. The van der Waals surface area contributed by atoms with Gasteiger partial charge < -0.3 is 8.97 Å². The van der Waals surface area contributed by atoms with Crippen molar-refractivity contribution in [1.82, 2.24) is 0 Å². The Morgan fingerprint density at radius 2 is 0.176 bits per heavy atom. The van der Waals surface area contributed by atoms with E-state index >= 15 is 0 Å². The number of quaternary nitrogens is 2. The molecule has 0 aromatic carbocycles. The Morgan fingerprint density at radius 3 is 0.259 bits per heavy atom. The zero-order valence-electron chi connectivity index (χ0n) is 61.3. The normalized spacial score (nSPS) is 12.2. The van der Waals surface area contributed by atoms with Crippen LogP contribution in [-0.4, -0.2) is 62.3 Å². The van der Waals surface area contributed by atoms with Crippen LogP contribution in [0.3, 0.4) is 0 Å². The summed E-state index contributed by atoms with van der Waals surface area (Å²) in [7, 11) is 5.34. The van der Waals surface area contributed by atoms with E-state index < -0.39 is 0 Å². The maximum Gasteiger partial charge on any atom is 0.0784 e. The summed E-state index contributed by atoms with van der Waals surface area (Å²) in [5.41, 5.74) is 0. The Balaban J connectivity index is 4.74. The third-order valence-corrected chi connectivity index (χ3v) is 21.1. The Labute approximate surface area is 543 Å². The van der Waals surface area contributed by atoms with Crippen molar-refractivity contribution in [1.29, 1.82) is 0 Å². The standard InChI is InChI=1S/C83H172N2/c1-7-11-15-19-23-27-31-35-39-43-47-51-55-60-66-72-78-84(5,79-73-67-61-56-52-48-44-40-36-32-28-24-20-16-12-8-2)82-76-70-64-59-65-71-77-83-85(6,80-74-68-62-57-53-49-45-41-37-33-29-25-21-17-13-9-3)81-75-69-63-58-54-50-46-42-38-34-30-26-22-18-14-10-4/h7-83H2,1-6H3/q+2. The molecule has 0 radical (unpaired) electrons. The molecule has 85 heavy (non-hydrogen) atoms. The smallest absolute Gasteiger partial charge is 0.0784 e. The van der Waals surface area contributed by atoms with E-state index in [4.69, 9.17) is 0 Å². The molecule has 0 aliphatic heterocycles. The highest BCUT2D eigenvalue weighted by Gasteiger charge is 2.22. The fourth-order valence-electron chi connectivity index (χ4n) is 14.7. The molecule has 0 saturated heterocycles. The lowest BCUT2D eigenvalue weighted by Gasteiger charge is -2.35. The van der Waals surface area contributed by atoms with Gasteiger partial charge in [0.05, 0.1) is 53.4 Å².